The summed E-state index contributed by atoms with van der Waals surface area (Å²) >= 11 is 0. The lowest BCUT2D eigenvalue weighted by Crippen LogP contribution is -1.76. The van der Waals surface area contributed by atoms with E-state index in [-0.39, 0.29) is 5.88 Å². The number of hydrogen-bond donors (Lipinski definition) is 2. The van der Waals surface area contributed by atoms with Crippen LogP contribution < -0.4 is 0 Å². The molecule has 0 aliphatic rings. The Hall–Kier alpha value is -2.29. The summed E-state index contributed by atoms with van der Waals surface area (Å²) < 4.78 is 0. The van der Waals surface area contributed by atoms with E-state index in [0.29, 0.717) is 0 Å². The minimum atomic E-state index is 0.0729. The standard InChI is InChI=1S/C9H7NO.C4H5N/c11-9-6-5-7-3-1-2-4-8(7)10-9;1-2-4-5-3-1/h1-6H,(H,10,11);1-5H. The summed E-state index contributed by atoms with van der Waals surface area (Å²) in [5.41, 5.74) is 0.826. The Kier molecular flexibility index (Phi) is 3.18. The van der Waals surface area contributed by atoms with Crippen molar-refractivity contribution in [1.82, 2.24) is 9.97 Å². The first kappa shape index (κ1) is 10.2. The van der Waals surface area contributed by atoms with Crippen LogP contribution in [-0.4, -0.2) is 15.1 Å². The molecular weight excluding hydrogens is 200 g/mol. The Balaban J connectivity index is 0.000000162. The SMILES string of the molecule is Oc1ccc2ccccc2n1.c1cc[nH]c1. The third-order valence-electron chi connectivity index (χ3n) is 2.08. The summed E-state index contributed by atoms with van der Waals surface area (Å²) in [7, 11) is 0. The van der Waals surface area contributed by atoms with Crippen LogP contribution in [0.1, 0.15) is 0 Å². The molecule has 0 aliphatic carbocycles. The van der Waals surface area contributed by atoms with Gasteiger partial charge in [0.1, 0.15) is 0 Å². The van der Waals surface area contributed by atoms with Crippen molar-refractivity contribution in [3.63, 3.8) is 0 Å². The number of benzene rings is 1. The van der Waals surface area contributed by atoms with Crippen molar-refractivity contribution in [1.29, 1.82) is 0 Å². The number of pyridine rings is 1. The van der Waals surface area contributed by atoms with Gasteiger partial charge in [-0.2, -0.15) is 0 Å². The Morgan fingerprint density at radius 1 is 0.875 bits per heavy atom. The first-order valence-electron chi connectivity index (χ1n) is 4.99. The largest absolute Gasteiger partial charge is 0.493 e. The maximum atomic E-state index is 9.02. The zero-order valence-electron chi connectivity index (χ0n) is 8.67. The summed E-state index contributed by atoms with van der Waals surface area (Å²) in [5, 5.41) is 10.1. The highest BCUT2D eigenvalue weighted by Gasteiger charge is 1.92. The van der Waals surface area contributed by atoms with Crippen molar-refractivity contribution in [2.45, 2.75) is 0 Å². The summed E-state index contributed by atoms with van der Waals surface area (Å²) in [6, 6.07) is 15.0. The molecule has 0 atom stereocenters. The maximum Gasteiger partial charge on any atom is 0.211 e. The van der Waals surface area contributed by atoms with E-state index < -0.39 is 0 Å². The molecule has 2 heterocycles. The lowest BCUT2D eigenvalue weighted by atomic mass is 10.2. The number of nitrogens with one attached hydrogen (secondary N) is 1. The van der Waals surface area contributed by atoms with E-state index in [0.717, 1.165) is 10.9 Å². The Bertz CT molecular complexity index is 529. The highest BCUT2D eigenvalue weighted by molar-refractivity contribution is 5.78. The van der Waals surface area contributed by atoms with Crippen LogP contribution >= 0.6 is 0 Å². The van der Waals surface area contributed by atoms with Gasteiger partial charge in [0.2, 0.25) is 5.88 Å². The second-order valence-electron chi connectivity index (χ2n) is 3.25. The molecule has 80 valence electrons. The Labute approximate surface area is 93.4 Å². The number of aromatic nitrogens is 2. The van der Waals surface area contributed by atoms with Crippen LogP contribution in [0.25, 0.3) is 10.9 Å². The zero-order valence-corrected chi connectivity index (χ0v) is 8.67. The number of aromatic hydroxyl groups is 1. The number of rotatable bonds is 0. The molecular formula is C13H12N2O. The van der Waals surface area contributed by atoms with Gasteiger partial charge >= 0.3 is 0 Å². The smallest absolute Gasteiger partial charge is 0.211 e. The van der Waals surface area contributed by atoms with Gasteiger partial charge in [0, 0.05) is 23.8 Å². The van der Waals surface area contributed by atoms with Crippen LogP contribution in [-0.2, 0) is 0 Å². The molecule has 3 aromatic rings. The minimum absolute atomic E-state index is 0.0729. The van der Waals surface area contributed by atoms with Crippen molar-refractivity contribution in [3.05, 3.63) is 60.9 Å². The molecule has 0 aliphatic heterocycles. The first-order chi connectivity index (χ1) is 7.86. The number of nitrogens with zero attached hydrogens (tertiary/aromatic N) is 1. The fraction of sp³-hybridized carbons (Fsp3) is 0. The number of hydrogen-bond acceptors (Lipinski definition) is 2. The van der Waals surface area contributed by atoms with E-state index in [1.165, 1.54) is 0 Å². The lowest BCUT2D eigenvalue weighted by molar-refractivity contribution is 0.456. The van der Waals surface area contributed by atoms with Crippen LogP contribution in [0.2, 0.25) is 0 Å². The van der Waals surface area contributed by atoms with E-state index in [1.54, 1.807) is 6.07 Å². The second kappa shape index (κ2) is 4.98. The quantitative estimate of drug-likeness (QED) is 0.602. The van der Waals surface area contributed by atoms with E-state index in [1.807, 2.05) is 54.9 Å². The molecule has 3 nitrogen and oxygen atoms in total. The summed E-state index contributed by atoms with van der Waals surface area (Å²) in [6.45, 7) is 0. The van der Waals surface area contributed by atoms with Crippen LogP contribution in [0.15, 0.2) is 60.9 Å². The molecule has 2 N–H and O–H groups in total. The molecule has 0 radical (unpaired) electrons. The van der Waals surface area contributed by atoms with Crippen molar-refractivity contribution in [2.24, 2.45) is 0 Å². The second-order valence-corrected chi connectivity index (χ2v) is 3.25. The van der Waals surface area contributed by atoms with Gasteiger partial charge in [0.05, 0.1) is 5.52 Å². The molecule has 0 saturated carbocycles. The predicted molar refractivity (Wildman–Crippen MR) is 64.2 cm³/mol. The molecule has 0 amide bonds. The van der Waals surface area contributed by atoms with Crippen molar-refractivity contribution in [2.75, 3.05) is 0 Å². The number of fused-ring (bicyclic) bond motifs is 1. The van der Waals surface area contributed by atoms with Gasteiger partial charge < -0.3 is 10.1 Å². The van der Waals surface area contributed by atoms with Gasteiger partial charge in [-0.25, -0.2) is 4.98 Å². The van der Waals surface area contributed by atoms with Gasteiger partial charge in [0.15, 0.2) is 0 Å². The highest BCUT2D eigenvalue weighted by atomic mass is 16.3. The van der Waals surface area contributed by atoms with Crippen molar-refractivity contribution >= 4 is 10.9 Å². The maximum absolute atomic E-state index is 9.02. The van der Waals surface area contributed by atoms with E-state index in [4.69, 9.17) is 5.11 Å². The van der Waals surface area contributed by atoms with E-state index in [9.17, 15) is 0 Å². The molecule has 0 spiro atoms. The third-order valence-corrected chi connectivity index (χ3v) is 2.08. The fourth-order valence-electron chi connectivity index (χ4n) is 1.33. The molecule has 16 heavy (non-hydrogen) atoms. The van der Waals surface area contributed by atoms with Gasteiger partial charge in [-0.3, -0.25) is 0 Å². The number of aromatic amines is 1. The highest BCUT2D eigenvalue weighted by Crippen LogP contribution is 2.14. The Morgan fingerprint density at radius 2 is 1.62 bits per heavy atom. The fourth-order valence-corrected chi connectivity index (χ4v) is 1.33. The van der Waals surface area contributed by atoms with E-state index in [2.05, 4.69) is 9.97 Å². The van der Waals surface area contributed by atoms with Gasteiger partial charge in [-0.05, 0) is 24.3 Å². The topological polar surface area (TPSA) is 48.9 Å². The molecule has 0 unspecified atom stereocenters. The average Bonchev–Trinajstić information content (AvgIpc) is 2.87. The van der Waals surface area contributed by atoms with Crippen molar-refractivity contribution in [3.8, 4) is 5.88 Å². The normalized spacial score (nSPS) is 9.50. The monoisotopic (exact) mass is 212 g/mol. The first-order valence-corrected chi connectivity index (χ1v) is 4.99. The number of H-pyrrole nitrogens is 1. The van der Waals surface area contributed by atoms with Crippen LogP contribution in [0.4, 0.5) is 0 Å². The molecule has 3 heteroatoms. The lowest BCUT2D eigenvalue weighted by Gasteiger charge is -1.95. The van der Waals surface area contributed by atoms with Crippen molar-refractivity contribution < 1.29 is 5.11 Å². The van der Waals surface area contributed by atoms with Crippen LogP contribution in [0.3, 0.4) is 0 Å². The molecule has 2 aromatic heterocycles. The Morgan fingerprint density at radius 3 is 2.31 bits per heavy atom. The predicted octanol–water partition coefficient (Wildman–Crippen LogP) is 2.96. The molecule has 0 fully saturated rings. The molecule has 3 rings (SSSR count). The van der Waals surface area contributed by atoms with Crippen LogP contribution in [0.5, 0.6) is 5.88 Å². The molecule has 1 aromatic carbocycles. The summed E-state index contributed by atoms with van der Waals surface area (Å²) in [5.74, 6) is 0.0729. The van der Waals surface area contributed by atoms with Crippen LogP contribution in [0, 0.1) is 0 Å². The van der Waals surface area contributed by atoms with E-state index >= 15 is 0 Å². The van der Waals surface area contributed by atoms with Gasteiger partial charge in [-0.15, -0.1) is 0 Å². The third kappa shape index (κ3) is 2.60. The number of para-hydroxylation sites is 1. The van der Waals surface area contributed by atoms with Gasteiger partial charge in [0.25, 0.3) is 0 Å². The minimum Gasteiger partial charge on any atom is -0.493 e. The zero-order chi connectivity index (χ0) is 11.2. The summed E-state index contributed by atoms with van der Waals surface area (Å²) in [6.07, 6.45) is 3.75. The average molecular weight is 212 g/mol. The molecule has 0 bridgehead atoms. The summed E-state index contributed by atoms with van der Waals surface area (Å²) in [4.78, 5) is 6.79. The molecule has 0 saturated heterocycles. The van der Waals surface area contributed by atoms with Gasteiger partial charge in [-0.1, -0.05) is 18.2 Å².